The number of benzene rings is 2. The summed E-state index contributed by atoms with van der Waals surface area (Å²) in [6.45, 7) is 3.69. The van der Waals surface area contributed by atoms with Crippen LogP contribution in [0, 0.1) is 0 Å². The highest BCUT2D eigenvalue weighted by molar-refractivity contribution is 5.93. The molecule has 0 saturated carbocycles. The number of ether oxygens (including phenoxy) is 1. The highest BCUT2D eigenvalue weighted by Crippen LogP contribution is 2.21. The maximum atomic E-state index is 12.9. The first-order chi connectivity index (χ1) is 13.0. The van der Waals surface area contributed by atoms with Crippen molar-refractivity contribution < 1.29 is 19.1 Å². The normalized spacial score (nSPS) is 11.0. The van der Waals surface area contributed by atoms with Gasteiger partial charge in [-0.15, -0.1) is 6.58 Å². The zero-order valence-electron chi connectivity index (χ0n) is 14.8. The van der Waals surface area contributed by atoms with Gasteiger partial charge >= 0.3 is 5.97 Å². The maximum absolute atomic E-state index is 12.9. The van der Waals surface area contributed by atoms with Crippen LogP contribution in [0.3, 0.4) is 0 Å². The van der Waals surface area contributed by atoms with Crippen LogP contribution >= 0.6 is 0 Å². The average molecular weight is 362 g/mol. The van der Waals surface area contributed by atoms with Gasteiger partial charge in [0.15, 0.2) is 5.43 Å². The molecule has 5 nitrogen and oxygen atoms in total. The SMILES string of the molecule is C=CCc1c(/C=C/c2cccc(OC)c2)oc2ccc(C(=O)O)cc2c1=O. The van der Waals surface area contributed by atoms with Crippen LogP contribution in [0.25, 0.3) is 23.1 Å². The lowest BCUT2D eigenvalue weighted by Gasteiger charge is -2.06. The molecule has 0 aliphatic heterocycles. The van der Waals surface area contributed by atoms with Crippen LogP contribution < -0.4 is 10.2 Å². The van der Waals surface area contributed by atoms with Crippen molar-refractivity contribution in [2.45, 2.75) is 6.42 Å². The van der Waals surface area contributed by atoms with Gasteiger partial charge in [0.05, 0.1) is 18.1 Å². The van der Waals surface area contributed by atoms with E-state index in [-0.39, 0.29) is 16.4 Å². The lowest BCUT2D eigenvalue weighted by molar-refractivity contribution is 0.0697. The number of rotatable bonds is 6. The first kappa shape index (κ1) is 18.2. The predicted molar refractivity (Wildman–Crippen MR) is 105 cm³/mol. The minimum atomic E-state index is -1.09. The van der Waals surface area contributed by atoms with Gasteiger partial charge in [-0.25, -0.2) is 4.79 Å². The molecule has 27 heavy (non-hydrogen) atoms. The second kappa shape index (κ2) is 7.74. The van der Waals surface area contributed by atoms with Crippen LogP contribution in [0.4, 0.5) is 0 Å². The van der Waals surface area contributed by atoms with Crippen LogP contribution in [-0.2, 0) is 6.42 Å². The summed E-state index contributed by atoms with van der Waals surface area (Å²) in [5, 5.41) is 9.39. The Morgan fingerprint density at radius 3 is 2.74 bits per heavy atom. The van der Waals surface area contributed by atoms with Gasteiger partial charge in [0, 0.05) is 5.56 Å². The average Bonchev–Trinajstić information content (AvgIpc) is 2.68. The minimum Gasteiger partial charge on any atom is -0.497 e. The molecule has 3 rings (SSSR count). The number of allylic oxidation sites excluding steroid dienone is 1. The van der Waals surface area contributed by atoms with E-state index in [0.29, 0.717) is 23.3 Å². The van der Waals surface area contributed by atoms with Crippen molar-refractivity contribution in [3.05, 3.63) is 87.8 Å². The van der Waals surface area contributed by atoms with E-state index < -0.39 is 5.97 Å². The van der Waals surface area contributed by atoms with E-state index in [1.54, 1.807) is 19.3 Å². The number of methoxy groups -OCH3 is 1. The molecule has 1 aromatic heterocycles. The zero-order valence-corrected chi connectivity index (χ0v) is 14.8. The molecule has 0 aliphatic rings. The highest BCUT2D eigenvalue weighted by atomic mass is 16.5. The largest absolute Gasteiger partial charge is 0.497 e. The van der Waals surface area contributed by atoms with E-state index in [4.69, 9.17) is 14.3 Å². The Hall–Kier alpha value is -3.60. The Labute approximate surface area is 155 Å². The van der Waals surface area contributed by atoms with Crippen molar-refractivity contribution in [1.82, 2.24) is 0 Å². The third-order valence-corrected chi connectivity index (χ3v) is 4.13. The number of carboxylic acid groups (broad SMARTS) is 1. The molecule has 0 aliphatic carbocycles. The molecule has 0 spiro atoms. The summed E-state index contributed by atoms with van der Waals surface area (Å²) in [5.41, 5.74) is 1.44. The molecule has 0 atom stereocenters. The van der Waals surface area contributed by atoms with Crippen LogP contribution in [0.1, 0.15) is 27.2 Å². The number of fused-ring (bicyclic) bond motifs is 1. The Balaban J connectivity index is 2.13. The van der Waals surface area contributed by atoms with Crippen molar-refractivity contribution in [2.75, 3.05) is 7.11 Å². The molecule has 3 aromatic rings. The molecule has 136 valence electrons. The first-order valence-corrected chi connectivity index (χ1v) is 8.29. The summed E-state index contributed by atoms with van der Waals surface area (Å²) in [4.78, 5) is 24.0. The van der Waals surface area contributed by atoms with Gasteiger partial charge in [0.2, 0.25) is 0 Å². The topological polar surface area (TPSA) is 76.7 Å². The number of hydrogen-bond donors (Lipinski definition) is 1. The summed E-state index contributed by atoms with van der Waals surface area (Å²) < 4.78 is 11.1. The molecule has 2 aromatic carbocycles. The fourth-order valence-corrected chi connectivity index (χ4v) is 2.77. The maximum Gasteiger partial charge on any atom is 0.335 e. The van der Waals surface area contributed by atoms with E-state index in [1.807, 2.05) is 30.3 Å². The van der Waals surface area contributed by atoms with Crippen molar-refractivity contribution in [1.29, 1.82) is 0 Å². The van der Waals surface area contributed by atoms with Crippen molar-refractivity contribution in [3.63, 3.8) is 0 Å². The van der Waals surface area contributed by atoms with Crippen molar-refractivity contribution in [2.24, 2.45) is 0 Å². The van der Waals surface area contributed by atoms with Gasteiger partial charge in [0.25, 0.3) is 0 Å². The van der Waals surface area contributed by atoms with Crippen LogP contribution in [-0.4, -0.2) is 18.2 Å². The van der Waals surface area contributed by atoms with Crippen molar-refractivity contribution in [3.8, 4) is 5.75 Å². The zero-order chi connectivity index (χ0) is 19.4. The highest BCUT2D eigenvalue weighted by Gasteiger charge is 2.14. The van der Waals surface area contributed by atoms with Crippen LogP contribution in [0.15, 0.2) is 64.3 Å². The lowest BCUT2D eigenvalue weighted by atomic mass is 10.0. The molecule has 0 bridgehead atoms. The molecular weight excluding hydrogens is 344 g/mol. The second-order valence-corrected chi connectivity index (χ2v) is 5.89. The lowest BCUT2D eigenvalue weighted by Crippen LogP contribution is -2.11. The summed E-state index contributed by atoms with van der Waals surface area (Å²) >= 11 is 0. The van der Waals surface area contributed by atoms with E-state index >= 15 is 0 Å². The van der Waals surface area contributed by atoms with E-state index in [1.165, 1.54) is 18.2 Å². The molecule has 0 saturated heterocycles. The van der Waals surface area contributed by atoms with Gasteiger partial charge in [-0.3, -0.25) is 4.79 Å². The smallest absolute Gasteiger partial charge is 0.335 e. The van der Waals surface area contributed by atoms with Crippen LogP contribution in [0.2, 0.25) is 0 Å². The Morgan fingerprint density at radius 2 is 2.04 bits per heavy atom. The van der Waals surface area contributed by atoms with Gasteiger partial charge in [-0.05, 0) is 48.4 Å². The summed E-state index contributed by atoms with van der Waals surface area (Å²) in [6.07, 6.45) is 5.47. The summed E-state index contributed by atoms with van der Waals surface area (Å²) in [7, 11) is 1.60. The third kappa shape index (κ3) is 3.82. The summed E-state index contributed by atoms with van der Waals surface area (Å²) in [6, 6.07) is 11.7. The number of aromatic carboxylic acids is 1. The molecule has 1 heterocycles. The molecule has 5 heteroatoms. The molecule has 0 fully saturated rings. The van der Waals surface area contributed by atoms with Gasteiger partial charge < -0.3 is 14.3 Å². The Bertz CT molecular complexity index is 1110. The monoisotopic (exact) mass is 362 g/mol. The summed E-state index contributed by atoms with van der Waals surface area (Å²) in [5.74, 6) is 0.0477. The molecule has 1 N–H and O–H groups in total. The number of hydrogen-bond acceptors (Lipinski definition) is 4. The number of carbonyl (C=O) groups is 1. The van der Waals surface area contributed by atoms with E-state index in [9.17, 15) is 9.59 Å². The first-order valence-electron chi connectivity index (χ1n) is 8.29. The van der Waals surface area contributed by atoms with Crippen LogP contribution in [0.5, 0.6) is 5.75 Å². The van der Waals surface area contributed by atoms with E-state index in [0.717, 1.165) is 11.3 Å². The standard InChI is InChI=1S/C22H18O5/c1-3-5-17-19(10-8-14-6-4-7-16(12-14)26-2)27-20-11-9-15(22(24)25)13-18(20)21(17)23/h3-4,6-13H,1,5H2,2H3,(H,24,25)/b10-8+. The van der Waals surface area contributed by atoms with Gasteiger partial charge in [-0.1, -0.05) is 24.3 Å². The molecule has 0 unspecified atom stereocenters. The van der Waals surface area contributed by atoms with Gasteiger partial charge in [0.1, 0.15) is 17.1 Å². The minimum absolute atomic E-state index is 0.0408. The fourth-order valence-electron chi connectivity index (χ4n) is 2.77. The molecular formula is C22H18O5. The third-order valence-electron chi connectivity index (χ3n) is 4.13. The number of carboxylic acids is 1. The van der Waals surface area contributed by atoms with Gasteiger partial charge in [-0.2, -0.15) is 0 Å². The Morgan fingerprint density at radius 1 is 1.22 bits per heavy atom. The Kier molecular flexibility index (Phi) is 5.22. The second-order valence-electron chi connectivity index (χ2n) is 5.89. The molecule has 0 radical (unpaired) electrons. The fraction of sp³-hybridized carbons (Fsp3) is 0.0909. The quantitative estimate of drug-likeness (QED) is 0.658. The van der Waals surface area contributed by atoms with Crippen molar-refractivity contribution >= 4 is 29.1 Å². The predicted octanol–water partition coefficient (Wildman–Crippen LogP) is 4.40. The van der Waals surface area contributed by atoms with E-state index in [2.05, 4.69) is 6.58 Å². The molecule has 0 amide bonds.